The van der Waals surface area contributed by atoms with Crippen LogP contribution in [0.1, 0.15) is 18.5 Å². The Morgan fingerprint density at radius 2 is 2.33 bits per heavy atom. The lowest BCUT2D eigenvalue weighted by molar-refractivity contribution is -0.137. The molecular formula is C10H12BrNO3. The van der Waals surface area contributed by atoms with Crippen LogP contribution in [0.25, 0.3) is 0 Å². The number of ether oxygens (including phenoxy) is 1. The van der Waals surface area contributed by atoms with Gasteiger partial charge in [-0.05, 0) is 35.3 Å². The van der Waals surface area contributed by atoms with E-state index >= 15 is 0 Å². The molecule has 0 saturated heterocycles. The SMILES string of the molecule is Cc1nc(OCCCC(=O)O)ccc1Br. The fraction of sp³-hybridized carbons (Fsp3) is 0.400. The number of pyridine rings is 1. The van der Waals surface area contributed by atoms with E-state index in [0.717, 1.165) is 10.2 Å². The van der Waals surface area contributed by atoms with E-state index < -0.39 is 5.97 Å². The molecule has 0 radical (unpaired) electrons. The van der Waals surface area contributed by atoms with Gasteiger partial charge in [0.25, 0.3) is 0 Å². The number of hydrogen-bond donors (Lipinski definition) is 1. The zero-order valence-electron chi connectivity index (χ0n) is 8.36. The molecule has 0 aliphatic heterocycles. The first-order valence-electron chi connectivity index (χ1n) is 4.57. The number of nitrogens with zero attached hydrogens (tertiary/aromatic N) is 1. The van der Waals surface area contributed by atoms with Crippen LogP contribution in [0.3, 0.4) is 0 Å². The highest BCUT2D eigenvalue weighted by molar-refractivity contribution is 9.10. The van der Waals surface area contributed by atoms with Crippen molar-refractivity contribution < 1.29 is 14.6 Å². The third-order valence-corrected chi connectivity index (χ3v) is 2.62. The monoisotopic (exact) mass is 273 g/mol. The molecule has 0 bridgehead atoms. The van der Waals surface area contributed by atoms with Gasteiger partial charge in [-0.1, -0.05) is 0 Å². The van der Waals surface area contributed by atoms with Crippen LogP contribution in [0, 0.1) is 6.92 Å². The highest BCUT2D eigenvalue weighted by Crippen LogP contribution is 2.17. The second-order valence-corrected chi connectivity index (χ2v) is 3.92. The Hall–Kier alpha value is -1.10. The molecule has 1 aromatic heterocycles. The predicted molar refractivity (Wildman–Crippen MR) is 59.0 cm³/mol. The molecule has 1 aromatic rings. The van der Waals surface area contributed by atoms with Gasteiger partial charge >= 0.3 is 5.97 Å². The molecule has 0 aromatic carbocycles. The standard InChI is InChI=1S/C10H12BrNO3/c1-7-8(11)4-5-9(12-7)15-6-2-3-10(13)14/h4-5H,2-3,6H2,1H3,(H,13,14). The molecule has 0 aliphatic carbocycles. The van der Waals surface area contributed by atoms with E-state index in [1.165, 1.54) is 0 Å². The smallest absolute Gasteiger partial charge is 0.303 e. The van der Waals surface area contributed by atoms with Crippen LogP contribution in [0.5, 0.6) is 5.88 Å². The largest absolute Gasteiger partial charge is 0.481 e. The molecule has 82 valence electrons. The number of carbonyl (C=O) groups is 1. The van der Waals surface area contributed by atoms with Crippen molar-refractivity contribution in [1.29, 1.82) is 0 Å². The molecule has 1 rings (SSSR count). The number of halogens is 1. The van der Waals surface area contributed by atoms with Crippen LogP contribution >= 0.6 is 15.9 Å². The van der Waals surface area contributed by atoms with E-state index in [9.17, 15) is 4.79 Å². The van der Waals surface area contributed by atoms with Crippen LogP contribution in [0.15, 0.2) is 16.6 Å². The average molecular weight is 274 g/mol. The molecule has 5 heteroatoms. The average Bonchev–Trinajstić information content (AvgIpc) is 2.18. The lowest BCUT2D eigenvalue weighted by Crippen LogP contribution is -2.03. The maximum atomic E-state index is 10.2. The summed E-state index contributed by atoms with van der Waals surface area (Å²) in [7, 11) is 0. The van der Waals surface area contributed by atoms with E-state index in [0.29, 0.717) is 18.9 Å². The number of aryl methyl sites for hydroxylation is 1. The van der Waals surface area contributed by atoms with Crippen molar-refractivity contribution >= 4 is 21.9 Å². The van der Waals surface area contributed by atoms with E-state index in [-0.39, 0.29) is 6.42 Å². The van der Waals surface area contributed by atoms with Crippen molar-refractivity contribution in [2.24, 2.45) is 0 Å². The third kappa shape index (κ3) is 4.29. The predicted octanol–water partition coefficient (Wildman–Crippen LogP) is 2.40. The van der Waals surface area contributed by atoms with Crippen LogP contribution in [-0.4, -0.2) is 22.7 Å². The first-order chi connectivity index (χ1) is 7.09. The zero-order valence-corrected chi connectivity index (χ0v) is 9.95. The quantitative estimate of drug-likeness (QED) is 0.837. The molecule has 0 fully saturated rings. The van der Waals surface area contributed by atoms with Crippen molar-refractivity contribution in [3.63, 3.8) is 0 Å². The summed E-state index contributed by atoms with van der Waals surface area (Å²) in [6, 6.07) is 3.60. The Balaban J connectivity index is 2.38. The number of aliphatic carboxylic acids is 1. The summed E-state index contributed by atoms with van der Waals surface area (Å²) in [5, 5.41) is 8.41. The van der Waals surface area contributed by atoms with Crippen LogP contribution in [0.4, 0.5) is 0 Å². The Morgan fingerprint density at radius 3 is 2.93 bits per heavy atom. The van der Waals surface area contributed by atoms with E-state index in [2.05, 4.69) is 20.9 Å². The minimum absolute atomic E-state index is 0.121. The first kappa shape index (κ1) is 12.0. The topological polar surface area (TPSA) is 59.4 Å². The van der Waals surface area contributed by atoms with Gasteiger partial charge < -0.3 is 9.84 Å². The van der Waals surface area contributed by atoms with Gasteiger partial charge in [-0.15, -0.1) is 0 Å². The molecule has 0 spiro atoms. The summed E-state index contributed by atoms with van der Waals surface area (Å²) in [5.41, 5.74) is 0.853. The van der Waals surface area contributed by atoms with Crippen molar-refractivity contribution in [1.82, 2.24) is 4.98 Å². The molecule has 0 saturated carbocycles. The van der Waals surface area contributed by atoms with Gasteiger partial charge in [0.15, 0.2) is 0 Å². The highest BCUT2D eigenvalue weighted by Gasteiger charge is 2.01. The Labute approximate surface area is 96.4 Å². The second kappa shape index (κ2) is 5.70. The molecule has 1 heterocycles. The molecular weight excluding hydrogens is 262 g/mol. The number of aromatic nitrogens is 1. The van der Waals surface area contributed by atoms with Gasteiger partial charge in [-0.25, -0.2) is 4.98 Å². The Bertz CT molecular complexity index is 355. The fourth-order valence-electron chi connectivity index (χ4n) is 1.00. The molecule has 0 unspecified atom stereocenters. The van der Waals surface area contributed by atoms with Gasteiger partial charge in [0, 0.05) is 17.0 Å². The lowest BCUT2D eigenvalue weighted by Gasteiger charge is -2.05. The number of carboxylic acids is 1. The maximum Gasteiger partial charge on any atom is 0.303 e. The summed E-state index contributed by atoms with van der Waals surface area (Å²) < 4.78 is 6.23. The summed E-state index contributed by atoms with van der Waals surface area (Å²) in [5.74, 6) is -0.278. The molecule has 0 aliphatic rings. The fourth-order valence-corrected chi connectivity index (χ4v) is 1.22. The second-order valence-electron chi connectivity index (χ2n) is 3.06. The number of hydrogen-bond acceptors (Lipinski definition) is 3. The Kier molecular flexibility index (Phi) is 4.55. The molecule has 0 amide bonds. The van der Waals surface area contributed by atoms with E-state index in [1.54, 1.807) is 6.07 Å². The third-order valence-electron chi connectivity index (χ3n) is 1.78. The maximum absolute atomic E-state index is 10.2. The van der Waals surface area contributed by atoms with Gasteiger partial charge in [0.1, 0.15) is 0 Å². The number of carboxylic acid groups (broad SMARTS) is 1. The van der Waals surface area contributed by atoms with Crippen molar-refractivity contribution in [3.05, 3.63) is 22.3 Å². The van der Waals surface area contributed by atoms with Crippen LogP contribution in [0.2, 0.25) is 0 Å². The lowest BCUT2D eigenvalue weighted by atomic mass is 10.3. The van der Waals surface area contributed by atoms with Gasteiger partial charge in [0.05, 0.1) is 12.3 Å². The van der Waals surface area contributed by atoms with Crippen LogP contribution in [-0.2, 0) is 4.79 Å². The molecule has 0 atom stereocenters. The summed E-state index contributed by atoms with van der Waals surface area (Å²) >= 11 is 3.33. The van der Waals surface area contributed by atoms with Crippen molar-refractivity contribution in [3.8, 4) is 5.88 Å². The minimum Gasteiger partial charge on any atom is -0.481 e. The summed E-state index contributed by atoms with van der Waals surface area (Å²) in [4.78, 5) is 14.4. The highest BCUT2D eigenvalue weighted by atomic mass is 79.9. The number of rotatable bonds is 5. The minimum atomic E-state index is -0.807. The summed E-state index contributed by atoms with van der Waals surface area (Å²) in [6.45, 7) is 2.24. The molecule has 1 N–H and O–H groups in total. The van der Waals surface area contributed by atoms with E-state index in [1.807, 2.05) is 13.0 Å². The van der Waals surface area contributed by atoms with E-state index in [4.69, 9.17) is 9.84 Å². The normalized spacial score (nSPS) is 10.0. The van der Waals surface area contributed by atoms with Crippen molar-refractivity contribution in [2.45, 2.75) is 19.8 Å². The molecule has 15 heavy (non-hydrogen) atoms. The van der Waals surface area contributed by atoms with Crippen LogP contribution < -0.4 is 4.74 Å². The van der Waals surface area contributed by atoms with Crippen molar-refractivity contribution in [2.75, 3.05) is 6.61 Å². The van der Waals surface area contributed by atoms with Gasteiger partial charge in [-0.3, -0.25) is 4.79 Å². The molecule has 4 nitrogen and oxygen atoms in total. The first-order valence-corrected chi connectivity index (χ1v) is 5.36. The van der Waals surface area contributed by atoms with Gasteiger partial charge in [-0.2, -0.15) is 0 Å². The zero-order chi connectivity index (χ0) is 11.3. The summed E-state index contributed by atoms with van der Waals surface area (Å²) in [6.07, 6.45) is 0.613. The van der Waals surface area contributed by atoms with Gasteiger partial charge in [0.2, 0.25) is 5.88 Å². The Morgan fingerprint density at radius 1 is 1.60 bits per heavy atom.